The Morgan fingerprint density at radius 2 is 1.19 bits per heavy atom. The summed E-state index contributed by atoms with van der Waals surface area (Å²) in [5.74, 6) is 0.00101. The second-order valence-electron chi connectivity index (χ2n) is 5.34. The van der Waals surface area contributed by atoms with E-state index in [-0.39, 0.29) is 5.78 Å². The second kappa shape index (κ2) is 9.02. The number of hydrogen-bond acceptors (Lipinski definition) is 7. The van der Waals surface area contributed by atoms with Crippen LogP contribution in [0.3, 0.4) is 0 Å². The van der Waals surface area contributed by atoms with Crippen LogP contribution >= 0.6 is 23.5 Å². The van der Waals surface area contributed by atoms with Crippen molar-refractivity contribution >= 4 is 52.8 Å². The number of carbonyl (C=O) groups is 1. The van der Waals surface area contributed by atoms with Crippen LogP contribution in [0.4, 0.5) is 11.4 Å². The smallest absolute Gasteiger partial charge is 0.220 e. The van der Waals surface area contributed by atoms with E-state index in [9.17, 15) is 4.79 Å². The number of carbonyl (C=O) groups excluding carboxylic acids is 1. The molecule has 2 N–H and O–H groups in total. The molecule has 3 rings (SSSR count). The van der Waals surface area contributed by atoms with Crippen molar-refractivity contribution in [1.29, 1.82) is 11.1 Å². The molecule has 0 amide bonds. The minimum Gasteiger partial charge on any atom is -0.287 e. The van der Waals surface area contributed by atoms with Crippen molar-refractivity contribution in [2.75, 3.05) is 5.08 Å². The van der Waals surface area contributed by atoms with Crippen molar-refractivity contribution < 1.29 is 4.79 Å². The lowest BCUT2D eigenvalue weighted by Gasteiger charge is -2.15. The summed E-state index contributed by atoms with van der Waals surface area (Å²) in [4.78, 5) is 20.2. The van der Waals surface area contributed by atoms with Crippen LogP contribution in [-0.4, -0.2) is 10.9 Å². The molecule has 0 saturated carbocycles. The van der Waals surface area contributed by atoms with Crippen LogP contribution in [0.25, 0.3) is 12.2 Å². The summed E-state index contributed by atoms with van der Waals surface area (Å²) in [6.45, 7) is 0. The maximum Gasteiger partial charge on any atom is 0.220 e. The van der Waals surface area contributed by atoms with Crippen LogP contribution in [-0.2, 0) is 4.79 Å². The van der Waals surface area contributed by atoms with Crippen molar-refractivity contribution in [2.45, 2.75) is 0 Å². The summed E-state index contributed by atoms with van der Waals surface area (Å²) < 4.78 is 0. The Morgan fingerprint density at radius 3 is 1.56 bits per heavy atom. The lowest BCUT2D eigenvalue weighted by atomic mass is 10.1. The number of thioether (sulfide) groups is 2. The van der Waals surface area contributed by atoms with Gasteiger partial charge in [0.1, 0.15) is 11.1 Å². The molecule has 0 aliphatic carbocycles. The predicted octanol–water partition coefficient (Wildman–Crippen LogP) is 5.44. The Bertz CT molecular complexity index is 933. The average molecular weight is 394 g/mol. The Kier molecular flexibility index (Phi) is 6.25. The molecule has 1 aliphatic heterocycles. The molecular weight excluding hydrogens is 380 g/mol. The summed E-state index contributed by atoms with van der Waals surface area (Å²) in [5.41, 5.74) is 16.5. The minimum absolute atomic E-state index is 0.00101. The molecule has 0 radical (unpaired) electrons. The third-order valence-corrected chi connectivity index (χ3v) is 5.76. The third-order valence-electron chi connectivity index (χ3n) is 3.59. The number of nitrogens with one attached hydrogen (secondary N) is 2. The van der Waals surface area contributed by atoms with E-state index in [1.54, 1.807) is 24.3 Å². The zero-order valence-corrected chi connectivity index (χ0v) is 15.6. The van der Waals surface area contributed by atoms with Crippen molar-refractivity contribution in [3.05, 3.63) is 69.5 Å². The Hall–Kier alpha value is -3.09. The standard InChI is InChI=1S/C18H14N6OS2/c19-23-21-14-5-1-12(2-6-14)9-16-18(25)17(27-11-26-16)10-13-3-7-15(8-4-13)22-24-20/h1-10,19-20H,11H2/q+2/b16-9-,17-10-. The topological polar surface area (TPSA) is 118 Å². The molecule has 132 valence electrons. The molecule has 1 saturated heterocycles. The Balaban J connectivity index is 1.82. The number of rotatable bonds is 4. The second-order valence-corrected chi connectivity index (χ2v) is 7.74. The van der Waals surface area contributed by atoms with E-state index < -0.39 is 0 Å². The Morgan fingerprint density at radius 1 is 0.778 bits per heavy atom. The average Bonchev–Trinajstić information content (AvgIpc) is 2.68. The molecule has 7 nitrogen and oxygen atoms in total. The van der Waals surface area contributed by atoms with Gasteiger partial charge in [-0.2, -0.15) is 0 Å². The van der Waals surface area contributed by atoms with E-state index in [0.29, 0.717) is 21.2 Å². The first kappa shape index (κ1) is 18.7. The van der Waals surface area contributed by atoms with E-state index in [1.165, 1.54) is 23.5 Å². The summed E-state index contributed by atoms with van der Waals surface area (Å²) in [5, 5.41) is 8.06. The molecule has 0 unspecified atom stereocenters. The van der Waals surface area contributed by atoms with Gasteiger partial charge in [-0.25, -0.2) is 0 Å². The lowest BCUT2D eigenvalue weighted by molar-refractivity contribution is -0.110. The van der Waals surface area contributed by atoms with Gasteiger partial charge in [0.25, 0.3) is 0 Å². The van der Waals surface area contributed by atoms with Gasteiger partial charge in [0.15, 0.2) is 21.6 Å². The summed E-state index contributed by atoms with van der Waals surface area (Å²) >= 11 is 3.03. The molecule has 1 heterocycles. The molecule has 0 aromatic heterocycles. The molecule has 2 aromatic rings. The monoisotopic (exact) mass is 394 g/mol. The van der Waals surface area contributed by atoms with Crippen molar-refractivity contribution in [2.24, 2.45) is 10.2 Å². The summed E-state index contributed by atoms with van der Waals surface area (Å²) in [6, 6.07) is 14.4. The molecule has 1 fully saturated rings. The van der Waals surface area contributed by atoms with Crippen LogP contribution < -0.4 is 9.82 Å². The number of benzene rings is 2. The SMILES string of the molecule is N=[N+]=Nc1ccc(/C=C2\SCS/C(=C\c3ccc(N=[N+]=N)cc3)C2=O)cc1. The van der Waals surface area contributed by atoms with Crippen LogP contribution in [0.2, 0.25) is 0 Å². The lowest BCUT2D eigenvalue weighted by Crippen LogP contribution is -2.07. The van der Waals surface area contributed by atoms with E-state index in [1.807, 2.05) is 36.4 Å². The fraction of sp³-hybridized carbons (Fsp3) is 0.0556. The highest BCUT2D eigenvalue weighted by Crippen LogP contribution is 2.38. The zero-order valence-electron chi connectivity index (χ0n) is 14.0. The molecular formula is C18H14N6OS2+2. The number of allylic oxidation sites excluding steroid dienone is 2. The van der Waals surface area contributed by atoms with Gasteiger partial charge in [0.05, 0.1) is 9.81 Å². The first-order chi connectivity index (χ1) is 13.2. The zero-order chi connectivity index (χ0) is 19.1. The summed E-state index contributed by atoms with van der Waals surface area (Å²) in [6.07, 6.45) is 3.72. The molecule has 0 bridgehead atoms. The fourth-order valence-electron chi connectivity index (χ4n) is 2.32. The maximum atomic E-state index is 12.8. The first-order valence-electron chi connectivity index (χ1n) is 7.78. The third kappa shape index (κ3) is 4.97. The molecule has 0 spiro atoms. The highest BCUT2D eigenvalue weighted by atomic mass is 32.2. The first-order valence-corrected chi connectivity index (χ1v) is 9.75. The van der Waals surface area contributed by atoms with Crippen molar-refractivity contribution in [3.63, 3.8) is 0 Å². The van der Waals surface area contributed by atoms with Crippen LogP contribution in [0.5, 0.6) is 0 Å². The summed E-state index contributed by atoms with van der Waals surface area (Å²) in [7, 11) is 0. The molecule has 27 heavy (non-hydrogen) atoms. The van der Waals surface area contributed by atoms with Crippen LogP contribution in [0.15, 0.2) is 68.6 Å². The number of nitrogens with zero attached hydrogens (tertiary/aromatic N) is 4. The molecule has 0 atom stereocenters. The van der Waals surface area contributed by atoms with E-state index in [2.05, 4.69) is 20.1 Å². The number of hydrogen-bond donors (Lipinski definition) is 2. The number of ketones is 1. The van der Waals surface area contributed by atoms with Gasteiger partial charge in [-0.3, -0.25) is 4.79 Å². The van der Waals surface area contributed by atoms with Crippen molar-refractivity contribution in [3.8, 4) is 0 Å². The quantitative estimate of drug-likeness (QED) is 0.408. The molecule has 1 aliphatic rings. The van der Waals surface area contributed by atoms with Crippen molar-refractivity contribution in [1.82, 2.24) is 9.82 Å². The highest BCUT2D eigenvalue weighted by molar-refractivity contribution is 8.21. The maximum absolute atomic E-state index is 12.8. The van der Waals surface area contributed by atoms with Crippen LogP contribution in [0, 0.1) is 11.1 Å². The minimum atomic E-state index is 0.00101. The Labute approximate surface area is 163 Å². The van der Waals surface area contributed by atoms with Gasteiger partial charge in [0, 0.05) is 5.08 Å². The molecule has 2 aromatic carbocycles. The van der Waals surface area contributed by atoms with E-state index in [0.717, 1.165) is 16.2 Å². The van der Waals surface area contributed by atoms with Crippen LogP contribution in [0.1, 0.15) is 11.1 Å². The fourth-order valence-corrected chi connectivity index (χ4v) is 4.55. The largest absolute Gasteiger partial charge is 0.287 e. The van der Waals surface area contributed by atoms with Gasteiger partial charge >= 0.3 is 0 Å². The van der Waals surface area contributed by atoms with E-state index in [4.69, 9.17) is 11.1 Å². The van der Waals surface area contributed by atoms with Gasteiger partial charge in [-0.05, 0) is 47.5 Å². The van der Waals surface area contributed by atoms with Gasteiger partial charge in [0.2, 0.25) is 15.6 Å². The highest BCUT2D eigenvalue weighted by Gasteiger charge is 2.22. The predicted molar refractivity (Wildman–Crippen MR) is 108 cm³/mol. The molecule has 9 heteroatoms. The van der Waals surface area contributed by atoms with Gasteiger partial charge in [-0.1, -0.05) is 24.3 Å². The van der Waals surface area contributed by atoms with E-state index >= 15 is 0 Å². The normalized spacial score (nSPS) is 16.7. The number of Topliss-reactive ketones (excluding diaryl/α,β-unsaturated/α-hetero) is 1. The van der Waals surface area contributed by atoms with Gasteiger partial charge < -0.3 is 0 Å². The van der Waals surface area contributed by atoms with Gasteiger partial charge in [-0.15, -0.1) is 23.5 Å².